The van der Waals surface area contributed by atoms with Crippen LogP contribution in [0.4, 0.5) is 0 Å². The molecule has 27 heavy (non-hydrogen) atoms. The van der Waals surface area contributed by atoms with E-state index in [9.17, 15) is 9.59 Å². The molecule has 0 spiro atoms. The molecule has 2 amide bonds. The van der Waals surface area contributed by atoms with Crippen LogP contribution in [0.1, 0.15) is 32.4 Å². The van der Waals surface area contributed by atoms with Crippen molar-refractivity contribution in [1.82, 2.24) is 20.2 Å². The van der Waals surface area contributed by atoms with Gasteiger partial charge in [-0.15, -0.1) is 24.8 Å². The summed E-state index contributed by atoms with van der Waals surface area (Å²) in [7, 11) is 0. The monoisotopic (exact) mass is 415 g/mol. The summed E-state index contributed by atoms with van der Waals surface area (Å²) >= 11 is 0. The van der Waals surface area contributed by atoms with Crippen molar-refractivity contribution in [2.75, 3.05) is 6.54 Å². The van der Waals surface area contributed by atoms with E-state index in [1.54, 1.807) is 12.5 Å². The van der Waals surface area contributed by atoms with Gasteiger partial charge in [0.25, 0.3) is 0 Å². The number of halogens is 2. The summed E-state index contributed by atoms with van der Waals surface area (Å²) in [6, 6.07) is 7.02. The minimum Gasteiger partial charge on any atom is -0.348 e. The van der Waals surface area contributed by atoms with Gasteiger partial charge in [0.2, 0.25) is 11.8 Å². The van der Waals surface area contributed by atoms with Gasteiger partial charge in [-0.3, -0.25) is 9.59 Å². The Kier molecular flexibility index (Phi) is 10.7. The Labute approximate surface area is 171 Å². The second-order valence-corrected chi connectivity index (χ2v) is 6.34. The Morgan fingerprint density at radius 1 is 1.22 bits per heavy atom. The van der Waals surface area contributed by atoms with Gasteiger partial charge in [-0.1, -0.05) is 26.0 Å². The maximum atomic E-state index is 12.1. The predicted octanol–water partition coefficient (Wildman–Crippen LogP) is 1.99. The molecule has 1 aromatic heterocycles. The predicted molar refractivity (Wildman–Crippen MR) is 110 cm³/mol. The van der Waals surface area contributed by atoms with Crippen molar-refractivity contribution < 1.29 is 9.59 Å². The largest absolute Gasteiger partial charge is 0.348 e. The van der Waals surface area contributed by atoms with E-state index in [0.29, 0.717) is 0 Å². The van der Waals surface area contributed by atoms with Crippen LogP contribution in [0.25, 0.3) is 5.69 Å². The number of imidazole rings is 1. The number of carbonyl (C=O) groups excluding carboxylic acids is 2. The number of nitrogens with zero attached hydrogens (tertiary/aromatic N) is 2. The standard InChI is InChI=1S/C18H25N5O2.2ClH/c1-12(2)17(19)18(25)21-10-16(24)22-13(3)14-5-4-6-15(9-14)23-8-7-20-11-23;;/h4-9,11-13,17H,10,19H2,1-3H3,(H,21,25)(H,22,24);2*1H/t13?,17-;;/m0../s1. The Balaban J connectivity index is 0.00000338. The third kappa shape index (κ3) is 7.21. The molecule has 1 heterocycles. The summed E-state index contributed by atoms with van der Waals surface area (Å²) in [6.07, 6.45) is 5.29. The van der Waals surface area contributed by atoms with Crippen LogP contribution in [-0.4, -0.2) is 34.0 Å². The van der Waals surface area contributed by atoms with Gasteiger partial charge in [-0.25, -0.2) is 4.98 Å². The molecule has 2 atom stereocenters. The maximum absolute atomic E-state index is 12.1. The Bertz CT molecular complexity index is 722. The van der Waals surface area contributed by atoms with Crippen LogP contribution in [-0.2, 0) is 9.59 Å². The fourth-order valence-electron chi connectivity index (χ4n) is 2.33. The number of amides is 2. The van der Waals surface area contributed by atoms with Crippen molar-refractivity contribution in [1.29, 1.82) is 0 Å². The maximum Gasteiger partial charge on any atom is 0.239 e. The molecule has 0 radical (unpaired) electrons. The van der Waals surface area contributed by atoms with E-state index in [0.717, 1.165) is 11.3 Å². The highest BCUT2D eigenvalue weighted by Crippen LogP contribution is 2.16. The molecule has 7 nitrogen and oxygen atoms in total. The first-order chi connectivity index (χ1) is 11.9. The minimum atomic E-state index is -0.614. The summed E-state index contributed by atoms with van der Waals surface area (Å²) in [5.41, 5.74) is 7.68. The van der Waals surface area contributed by atoms with Crippen LogP contribution in [0.3, 0.4) is 0 Å². The lowest BCUT2D eigenvalue weighted by molar-refractivity contribution is -0.127. The van der Waals surface area contributed by atoms with Crippen molar-refractivity contribution in [2.24, 2.45) is 11.7 Å². The number of hydrogen-bond donors (Lipinski definition) is 3. The van der Waals surface area contributed by atoms with Crippen molar-refractivity contribution in [2.45, 2.75) is 32.9 Å². The van der Waals surface area contributed by atoms with E-state index < -0.39 is 6.04 Å². The Morgan fingerprint density at radius 3 is 2.52 bits per heavy atom. The van der Waals surface area contributed by atoms with Crippen molar-refractivity contribution in [3.05, 3.63) is 48.5 Å². The molecular formula is C18H27Cl2N5O2. The van der Waals surface area contributed by atoms with Crippen molar-refractivity contribution in [3.63, 3.8) is 0 Å². The van der Waals surface area contributed by atoms with Gasteiger partial charge in [0.05, 0.1) is 25.0 Å². The minimum absolute atomic E-state index is 0. The smallest absolute Gasteiger partial charge is 0.239 e. The summed E-state index contributed by atoms with van der Waals surface area (Å²) in [6.45, 7) is 5.52. The van der Waals surface area contributed by atoms with Crippen LogP contribution < -0.4 is 16.4 Å². The van der Waals surface area contributed by atoms with Crippen LogP contribution in [0.2, 0.25) is 0 Å². The molecule has 1 aromatic carbocycles. The van der Waals surface area contributed by atoms with Crippen molar-refractivity contribution >= 4 is 36.6 Å². The number of carbonyl (C=O) groups is 2. The lowest BCUT2D eigenvalue weighted by atomic mass is 10.1. The molecule has 0 aliphatic carbocycles. The number of nitrogens with two attached hydrogens (primary N) is 1. The molecule has 150 valence electrons. The zero-order valence-electron chi connectivity index (χ0n) is 15.6. The summed E-state index contributed by atoms with van der Waals surface area (Å²) in [4.78, 5) is 27.9. The van der Waals surface area contributed by atoms with Crippen molar-refractivity contribution in [3.8, 4) is 5.69 Å². The average molecular weight is 416 g/mol. The molecule has 0 aliphatic heterocycles. The quantitative estimate of drug-likeness (QED) is 0.643. The molecule has 2 aromatic rings. The van der Waals surface area contributed by atoms with E-state index in [2.05, 4.69) is 15.6 Å². The second kappa shape index (κ2) is 11.6. The molecule has 0 aliphatic rings. The van der Waals surface area contributed by atoms with E-state index >= 15 is 0 Å². The highest BCUT2D eigenvalue weighted by atomic mass is 35.5. The van der Waals surface area contributed by atoms with E-state index in [4.69, 9.17) is 5.73 Å². The molecule has 9 heteroatoms. The topological polar surface area (TPSA) is 102 Å². The van der Waals surface area contributed by atoms with E-state index in [1.807, 2.05) is 55.8 Å². The zero-order valence-corrected chi connectivity index (χ0v) is 17.2. The normalized spacial score (nSPS) is 12.3. The molecule has 1 unspecified atom stereocenters. The molecule has 0 saturated carbocycles. The molecule has 0 bridgehead atoms. The van der Waals surface area contributed by atoms with Crippen LogP contribution in [0.15, 0.2) is 43.0 Å². The Hall–Kier alpha value is -2.09. The van der Waals surface area contributed by atoms with E-state index in [-0.39, 0.29) is 55.1 Å². The second-order valence-electron chi connectivity index (χ2n) is 6.34. The molecule has 0 saturated heterocycles. The lowest BCUT2D eigenvalue weighted by Gasteiger charge is -2.18. The first-order valence-electron chi connectivity index (χ1n) is 8.29. The molecule has 4 N–H and O–H groups in total. The average Bonchev–Trinajstić information content (AvgIpc) is 3.13. The van der Waals surface area contributed by atoms with Gasteiger partial charge in [0.15, 0.2) is 0 Å². The first-order valence-corrected chi connectivity index (χ1v) is 8.29. The SMILES string of the molecule is CC(NC(=O)CNC(=O)[C@@H](N)C(C)C)c1cccc(-n2ccnc2)c1.Cl.Cl. The number of rotatable bonds is 7. The summed E-state index contributed by atoms with van der Waals surface area (Å²) < 4.78 is 1.89. The van der Waals surface area contributed by atoms with E-state index in [1.165, 1.54) is 0 Å². The van der Waals surface area contributed by atoms with Gasteiger partial charge < -0.3 is 20.9 Å². The number of aromatic nitrogens is 2. The molecule has 0 fully saturated rings. The Morgan fingerprint density at radius 2 is 1.93 bits per heavy atom. The van der Waals surface area contributed by atoms with Gasteiger partial charge >= 0.3 is 0 Å². The van der Waals surface area contributed by atoms with Gasteiger partial charge in [0, 0.05) is 18.1 Å². The fourth-order valence-corrected chi connectivity index (χ4v) is 2.33. The molecule has 2 rings (SSSR count). The highest BCUT2D eigenvalue weighted by Gasteiger charge is 2.18. The third-order valence-electron chi connectivity index (χ3n) is 3.99. The van der Waals surface area contributed by atoms with Crippen LogP contribution in [0, 0.1) is 5.92 Å². The molecular weight excluding hydrogens is 389 g/mol. The lowest BCUT2D eigenvalue weighted by Crippen LogP contribution is -2.47. The number of nitrogens with one attached hydrogen (secondary N) is 2. The van der Waals surface area contributed by atoms with Crippen LogP contribution in [0.5, 0.6) is 0 Å². The highest BCUT2D eigenvalue weighted by molar-refractivity contribution is 5.87. The number of hydrogen-bond acceptors (Lipinski definition) is 4. The van der Waals surface area contributed by atoms with Crippen LogP contribution >= 0.6 is 24.8 Å². The summed E-state index contributed by atoms with van der Waals surface area (Å²) in [5.74, 6) is -0.558. The fraction of sp³-hybridized carbons (Fsp3) is 0.389. The van der Waals surface area contributed by atoms with Gasteiger partial charge in [0.1, 0.15) is 0 Å². The van der Waals surface area contributed by atoms with Gasteiger partial charge in [-0.05, 0) is 30.5 Å². The third-order valence-corrected chi connectivity index (χ3v) is 3.99. The van der Waals surface area contributed by atoms with Gasteiger partial charge in [-0.2, -0.15) is 0 Å². The zero-order chi connectivity index (χ0) is 18.4. The summed E-state index contributed by atoms with van der Waals surface area (Å²) in [5, 5.41) is 5.44. The number of benzene rings is 1. The first kappa shape index (κ1) is 24.9.